The molecular weight excluding hydrogens is 304 g/mol. The number of hydrogen-bond donors (Lipinski definition) is 0. The molecular formula is C10H18F3I. The molecule has 0 saturated carbocycles. The molecule has 0 heterocycles. The molecule has 0 aliphatic rings. The maximum absolute atomic E-state index is 11.9. The lowest BCUT2D eigenvalue weighted by atomic mass is 9.94. The van der Waals surface area contributed by atoms with Crippen molar-refractivity contribution in [2.24, 2.45) is 5.92 Å². The quantitative estimate of drug-likeness (QED) is 0.459. The van der Waals surface area contributed by atoms with Gasteiger partial charge >= 0.3 is 6.18 Å². The van der Waals surface area contributed by atoms with Crippen LogP contribution >= 0.6 is 22.6 Å². The van der Waals surface area contributed by atoms with Crippen LogP contribution in [-0.4, -0.2) is 10.6 Å². The number of alkyl halides is 4. The van der Waals surface area contributed by atoms with E-state index < -0.39 is 12.6 Å². The highest BCUT2D eigenvalue weighted by atomic mass is 127. The summed E-state index contributed by atoms with van der Waals surface area (Å²) in [6.07, 6.45) is -0.350. The van der Waals surface area contributed by atoms with E-state index in [2.05, 4.69) is 29.5 Å². The predicted molar refractivity (Wildman–Crippen MR) is 61.8 cm³/mol. The van der Waals surface area contributed by atoms with Crippen molar-refractivity contribution in [3.8, 4) is 0 Å². The maximum Gasteiger partial charge on any atom is 0.389 e. The van der Waals surface area contributed by atoms with E-state index in [1.54, 1.807) is 0 Å². The molecule has 0 saturated heterocycles. The molecule has 0 aromatic rings. The second kappa shape index (κ2) is 7.77. The predicted octanol–water partition coefficient (Wildman–Crippen LogP) is 4.96. The fraction of sp³-hybridized carbons (Fsp3) is 1.00. The Morgan fingerprint density at radius 3 is 2.21 bits per heavy atom. The molecule has 1 atom stereocenters. The van der Waals surface area contributed by atoms with Gasteiger partial charge in [-0.3, -0.25) is 0 Å². The van der Waals surface area contributed by atoms with Gasteiger partial charge in [0.2, 0.25) is 0 Å². The van der Waals surface area contributed by atoms with Gasteiger partial charge < -0.3 is 0 Å². The Bertz CT molecular complexity index is 128. The first-order valence-electron chi connectivity index (χ1n) is 5.12. The minimum atomic E-state index is -3.97. The third-order valence-electron chi connectivity index (χ3n) is 2.29. The fourth-order valence-electron chi connectivity index (χ4n) is 1.59. The highest BCUT2D eigenvalue weighted by Gasteiger charge is 2.26. The molecule has 0 fully saturated rings. The van der Waals surface area contributed by atoms with Gasteiger partial charge in [0.25, 0.3) is 0 Å². The van der Waals surface area contributed by atoms with Crippen molar-refractivity contribution in [2.75, 3.05) is 4.43 Å². The second-order valence-corrected chi connectivity index (χ2v) is 4.72. The van der Waals surface area contributed by atoms with E-state index in [0.717, 1.165) is 30.1 Å². The van der Waals surface area contributed by atoms with Crippen LogP contribution in [0.15, 0.2) is 0 Å². The molecule has 0 amide bonds. The van der Waals surface area contributed by atoms with Crippen LogP contribution in [0.2, 0.25) is 0 Å². The van der Waals surface area contributed by atoms with Crippen LogP contribution in [-0.2, 0) is 0 Å². The van der Waals surface area contributed by atoms with Gasteiger partial charge in [-0.05, 0) is 23.2 Å². The number of hydrogen-bond acceptors (Lipinski definition) is 0. The standard InChI is InChI=1S/C10H18F3I/c1-2-4-9(6-8-14)5-3-7-10(11,12)13/h9H,2-8H2,1H3. The van der Waals surface area contributed by atoms with E-state index in [1.165, 1.54) is 0 Å². The lowest BCUT2D eigenvalue weighted by Gasteiger charge is -2.15. The first-order valence-corrected chi connectivity index (χ1v) is 6.65. The molecule has 14 heavy (non-hydrogen) atoms. The summed E-state index contributed by atoms with van der Waals surface area (Å²) in [5.74, 6) is 0.499. The minimum absolute atomic E-state index is 0.296. The molecule has 86 valence electrons. The second-order valence-electron chi connectivity index (χ2n) is 3.64. The zero-order valence-corrected chi connectivity index (χ0v) is 10.7. The summed E-state index contributed by atoms with van der Waals surface area (Å²) in [5, 5.41) is 0. The third-order valence-corrected chi connectivity index (χ3v) is 2.91. The Kier molecular flexibility index (Phi) is 8.05. The normalized spacial score (nSPS) is 14.4. The Hall–Kier alpha value is 0.520. The summed E-state index contributed by atoms with van der Waals surface area (Å²) < 4.78 is 36.7. The highest BCUT2D eigenvalue weighted by molar-refractivity contribution is 14.1. The fourth-order valence-corrected chi connectivity index (χ4v) is 2.47. The molecule has 0 nitrogen and oxygen atoms in total. The smallest absolute Gasteiger partial charge is 0.171 e. The van der Waals surface area contributed by atoms with E-state index in [-0.39, 0.29) is 0 Å². The summed E-state index contributed by atoms with van der Waals surface area (Å²) in [6.45, 7) is 2.09. The lowest BCUT2D eigenvalue weighted by molar-refractivity contribution is -0.136. The van der Waals surface area contributed by atoms with Crippen molar-refractivity contribution in [3.63, 3.8) is 0 Å². The van der Waals surface area contributed by atoms with E-state index in [9.17, 15) is 13.2 Å². The summed E-state index contributed by atoms with van der Waals surface area (Å²) in [7, 11) is 0. The van der Waals surface area contributed by atoms with Gasteiger partial charge in [-0.1, -0.05) is 48.8 Å². The first kappa shape index (κ1) is 14.5. The summed E-state index contributed by atoms with van der Waals surface area (Å²) >= 11 is 2.29. The molecule has 0 bridgehead atoms. The third kappa shape index (κ3) is 9.09. The maximum atomic E-state index is 11.9. The van der Waals surface area contributed by atoms with Crippen LogP contribution in [0, 0.1) is 5.92 Å². The topological polar surface area (TPSA) is 0 Å². The molecule has 0 N–H and O–H groups in total. The van der Waals surface area contributed by atoms with Crippen molar-refractivity contribution in [3.05, 3.63) is 0 Å². The van der Waals surface area contributed by atoms with Crippen LogP contribution in [0.5, 0.6) is 0 Å². The van der Waals surface area contributed by atoms with Crippen LogP contribution in [0.25, 0.3) is 0 Å². The zero-order chi connectivity index (χ0) is 11.0. The Balaban J connectivity index is 3.60. The van der Waals surface area contributed by atoms with Crippen molar-refractivity contribution in [1.29, 1.82) is 0 Å². The minimum Gasteiger partial charge on any atom is -0.171 e. The molecule has 0 aromatic heterocycles. The summed E-state index contributed by atoms with van der Waals surface area (Å²) in [5.41, 5.74) is 0. The average Bonchev–Trinajstić information content (AvgIpc) is 2.02. The number of rotatable bonds is 7. The van der Waals surface area contributed by atoms with E-state index in [4.69, 9.17) is 0 Å². The van der Waals surface area contributed by atoms with E-state index in [0.29, 0.717) is 12.3 Å². The van der Waals surface area contributed by atoms with Gasteiger partial charge in [0, 0.05) is 6.42 Å². The number of halogens is 4. The van der Waals surface area contributed by atoms with Crippen molar-refractivity contribution >= 4 is 22.6 Å². The van der Waals surface area contributed by atoms with Crippen LogP contribution in [0.3, 0.4) is 0 Å². The molecule has 0 radical (unpaired) electrons. The molecule has 1 unspecified atom stereocenters. The lowest BCUT2D eigenvalue weighted by Crippen LogP contribution is -2.09. The van der Waals surface area contributed by atoms with E-state index in [1.807, 2.05) is 0 Å². The molecule has 0 aliphatic heterocycles. The van der Waals surface area contributed by atoms with Gasteiger partial charge in [-0.2, -0.15) is 13.2 Å². The Morgan fingerprint density at radius 2 is 1.79 bits per heavy atom. The van der Waals surface area contributed by atoms with E-state index >= 15 is 0 Å². The van der Waals surface area contributed by atoms with Gasteiger partial charge in [0.05, 0.1) is 0 Å². The molecule has 4 heteroatoms. The summed E-state index contributed by atoms with van der Waals surface area (Å²) in [4.78, 5) is 0. The average molecular weight is 322 g/mol. The van der Waals surface area contributed by atoms with Gasteiger partial charge in [-0.25, -0.2) is 0 Å². The van der Waals surface area contributed by atoms with Crippen molar-refractivity contribution < 1.29 is 13.2 Å². The monoisotopic (exact) mass is 322 g/mol. The van der Waals surface area contributed by atoms with Gasteiger partial charge in [0.1, 0.15) is 0 Å². The van der Waals surface area contributed by atoms with Crippen LogP contribution < -0.4 is 0 Å². The van der Waals surface area contributed by atoms with Crippen molar-refractivity contribution in [2.45, 2.75) is 51.6 Å². The summed E-state index contributed by atoms with van der Waals surface area (Å²) in [6, 6.07) is 0. The van der Waals surface area contributed by atoms with Crippen LogP contribution in [0.4, 0.5) is 13.2 Å². The highest BCUT2D eigenvalue weighted by Crippen LogP contribution is 2.26. The SMILES string of the molecule is CCCC(CCI)CCCC(F)(F)F. The van der Waals surface area contributed by atoms with Gasteiger partial charge in [0.15, 0.2) is 0 Å². The Labute approximate surface area is 97.8 Å². The molecule has 0 rings (SSSR count). The molecule has 0 aromatic carbocycles. The van der Waals surface area contributed by atoms with Crippen LogP contribution in [0.1, 0.15) is 45.4 Å². The van der Waals surface area contributed by atoms with Gasteiger partial charge in [-0.15, -0.1) is 0 Å². The molecule has 0 spiro atoms. The Morgan fingerprint density at radius 1 is 1.14 bits per heavy atom. The zero-order valence-electron chi connectivity index (χ0n) is 8.54. The molecule has 0 aliphatic carbocycles. The van der Waals surface area contributed by atoms with Crippen molar-refractivity contribution in [1.82, 2.24) is 0 Å². The first-order chi connectivity index (χ1) is 6.49. The largest absolute Gasteiger partial charge is 0.389 e.